The number of rotatable bonds is 4. The van der Waals surface area contributed by atoms with E-state index in [9.17, 15) is 4.79 Å². The first-order chi connectivity index (χ1) is 7.09. The molecule has 0 aliphatic heterocycles. The van der Waals surface area contributed by atoms with Crippen LogP contribution in [0.1, 0.15) is 18.4 Å². The molecule has 80 valence electrons. The predicted octanol–water partition coefficient (Wildman–Crippen LogP) is 3.87. The fraction of sp³-hybridized carbons (Fsp3) is 0.182. The highest BCUT2D eigenvalue weighted by molar-refractivity contribution is 6.42. The lowest BCUT2D eigenvalue weighted by molar-refractivity contribution is -0.136. The average Bonchev–Trinajstić information content (AvgIpc) is 2.18. The van der Waals surface area contributed by atoms with Gasteiger partial charge in [0.1, 0.15) is 0 Å². The summed E-state index contributed by atoms with van der Waals surface area (Å²) in [6.07, 6.45) is 4.27. The fourth-order valence-electron chi connectivity index (χ4n) is 1.04. The minimum atomic E-state index is -0.797. The van der Waals surface area contributed by atoms with Crippen molar-refractivity contribution >= 4 is 35.2 Å². The van der Waals surface area contributed by atoms with E-state index >= 15 is 0 Å². The molecule has 0 amide bonds. The maximum atomic E-state index is 10.2. The molecule has 0 atom stereocenters. The van der Waals surface area contributed by atoms with E-state index in [1.165, 1.54) is 0 Å². The van der Waals surface area contributed by atoms with Crippen molar-refractivity contribution in [3.63, 3.8) is 0 Å². The zero-order chi connectivity index (χ0) is 11.3. The third-order valence-electron chi connectivity index (χ3n) is 1.78. The lowest BCUT2D eigenvalue weighted by atomic mass is 10.2. The molecule has 2 nitrogen and oxygen atoms in total. The Morgan fingerprint density at radius 1 is 1.33 bits per heavy atom. The Morgan fingerprint density at radius 2 is 2.07 bits per heavy atom. The van der Waals surface area contributed by atoms with Crippen molar-refractivity contribution in [3.05, 3.63) is 39.9 Å². The minimum Gasteiger partial charge on any atom is -0.481 e. The van der Waals surface area contributed by atoms with Crippen LogP contribution in [0.5, 0.6) is 0 Å². The highest BCUT2D eigenvalue weighted by atomic mass is 35.5. The van der Waals surface area contributed by atoms with Crippen molar-refractivity contribution < 1.29 is 9.90 Å². The van der Waals surface area contributed by atoms with E-state index in [0.717, 1.165) is 5.56 Å². The summed E-state index contributed by atoms with van der Waals surface area (Å²) in [7, 11) is 0. The number of hydrogen-bond donors (Lipinski definition) is 1. The first-order valence-corrected chi connectivity index (χ1v) is 5.18. The molecule has 0 spiro atoms. The van der Waals surface area contributed by atoms with E-state index in [-0.39, 0.29) is 6.42 Å². The second kappa shape index (κ2) is 5.79. The maximum absolute atomic E-state index is 10.2. The number of benzene rings is 1. The van der Waals surface area contributed by atoms with Crippen LogP contribution in [0.15, 0.2) is 24.3 Å². The molecule has 1 aromatic carbocycles. The van der Waals surface area contributed by atoms with Gasteiger partial charge in [-0.1, -0.05) is 41.4 Å². The van der Waals surface area contributed by atoms with E-state index in [1.807, 2.05) is 12.1 Å². The van der Waals surface area contributed by atoms with Crippen molar-refractivity contribution in [2.45, 2.75) is 12.8 Å². The van der Waals surface area contributed by atoms with Gasteiger partial charge in [-0.25, -0.2) is 0 Å². The first kappa shape index (κ1) is 12.1. The molecular formula is C11H10Cl2O2. The Balaban J connectivity index is 2.57. The molecule has 1 N–H and O–H groups in total. The van der Waals surface area contributed by atoms with Gasteiger partial charge in [0.05, 0.1) is 10.0 Å². The van der Waals surface area contributed by atoms with Crippen LogP contribution < -0.4 is 0 Å². The van der Waals surface area contributed by atoms with Crippen molar-refractivity contribution in [1.82, 2.24) is 0 Å². The maximum Gasteiger partial charge on any atom is 0.303 e. The topological polar surface area (TPSA) is 37.3 Å². The first-order valence-electron chi connectivity index (χ1n) is 4.43. The molecule has 0 saturated carbocycles. The van der Waals surface area contributed by atoms with Crippen LogP contribution in [0.2, 0.25) is 10.0 Å². The van der Waals surface area contributed by atoms with E-state index in [1.54, 1.807) is 18.2 Å². The number of hydrogen-bond acceptors (Lipinski definition) is 1. The third kappa shape index (κ3) is 4.36. The molecule has 0 unspecified atom stereocenters. The van der Waals surface area contributed by atoms with Crippen molar-refractivity contribution in [3.8, 4) is 0 Å². The van der Waals surface area contributed by atoms with Gasteiger partial charge in [-0.15, -0.1) is 0 Å². The van der Waals surface area contributed by atoms with Crippen molar-refractivity contribution in [2.24, 2.45) is 0 Å². The molecule has 0 bridgehead atoms. The standard InChI is InChI=1S/C11H10Cl2O2/c12-9-6-5-8(7-10(9)13)3-1-2-4-11(14)15/h1,3,5-7H,2,4H2,(H,14,15). The number of halogens is 2. The van der Waals surface area contributed by atoms with E-state index in [4.69, 9.17) is 28.3 Å². The van der Waals surface area contributed by atoms with Crippen LogP contribution in [-0.2, 0) is 4.79 Å². The lowest BCUT2D eigenvalue weighted by Crippen LogP contribution is -1.91. The Hall–Kier alpha value is -0.990. The molecule has 0 aromatic heterocycles. The summed E-state index contributed by atoms with van der Waals surface area (Å²) >= 11 is 11.6. The van der Waals surface area contributed by atoms with E-state index in [2.05, 4.69) is 0 Å². The number of allylic oxidation sites excluding steroid dienone is 1. The van der Waals surface area contributed by atoms with Gasteiger partial charge in [0.2, 0.25) is 0 Å². The van der Waals surface area contributed by atoms with Gasteiger partial charge in [-0.3, -0.25) is 4.79 Å². The van der Waals surface area contributed by atoms with Gasteiger partial charge in [-0.2, -0.15) is 0 Å². The van der Waals surface area contributed by atoms with Crippen LogP contribution in [-0.4, -0.2) is 11.1 Å². The summed E-state index contributed by atoms with van der Waals surface area (Å²) in [6, 6.07) is 5.27. The number of aliphatic carboxylic acids is 1. The summed E-state index contributed by atoms with van der Waals surface area (Å²) in [4.78, 5) is 10.2. The number of carbonyl (C=O) groups is 1. The number of carboxylic acids is 1. The van der Waals surface area contributed by atoms with Gasteiger partial charge >= 0.3 is 5.97 Å². The SMILES string of the molecule is O=C(O)CCC=Cc1ccc(Cl)c(Cl)c1. The highest BCUT2D eigenvalue weighted by Gasteiger charge is 1.96. The van der Waals surface area contributed by atoms with Crippen molar-refractivity contribution in [1.29, 1.82) is 0 Å². The van der Waals surface area contributed by atoms with Gasteiger partial charge < -0.3 is 5.11 Å². The summed E-state index contributed by atoms with van der Waals surface area (Å²) in [5.74, 6) is -0.797. The molecule has 0 heterocycles. The summed E-state index contributed by atoms with van der Waals surface area (Å²) in [6.45, 7) is 0. The lowest BCUT2D eigenvalue weighted by Gasteiger charge is -1.97. The molecule has 4 heteroatoms. The quantitative estimate of drug-likeness (QED) is 0.874. The molecule has 0 saturated heterocycles. The van der Waals surface area contributed by atoms with Crippen molar-refractivity contribution in [2.75, 3.05) is 0 Å². The van der Waals surface area contributed by atoms with E-state index in [0.29, 0.717) is 16.5 Å². The van der Waals surface area contributed by atoms with Crippen LogP contribution in [0.3, 0.4) is 0 Å². The van der Waals surface area contributed by atoms with E-state index < -0.39 is 5.97 Å². The Bertz CT molecular complexity index is 386. The minimum absolute atomic E-state index is 0.137. The monoisotopic (exact) mass is 244 g/mol. The van der Waals surface area contributed by atoms with Gasteiger partial charge in [0.25, 0.3) is 0 Å². The average molecular weight is 245 g/mol. The predicted molar refractivity (Wildman–Crippen MR) is 62.4 cm³/mol. The Morgan fingerprint density at radius 3 is 2.67 bits per heavy atom. The molecule has 0 aliphatic rings. The van der Waals surface area contributed by atoms with Gasteiger partial charge in [0.15, 0.2) is 0 Å². The summed E-state index contributed by atoms with van der Waals surface area (Å²) in [5.41, 5.74) is 0.912. The zero-order valence-corrected chi connectivity index (χ0v) is 9.42. The second-order valence-electron chi connectivity index (χ2n) is 3.01. The third-order valence-corrected chi connectivity index (χ3v) is 2.52. The molecule has 1 aromatic rings. The Labute approximate surface area is 98.1 Å². The molecule has 1 rings (SSSR count). The zero-order valence-electron chi connectivity index (χ0n) is 7.91. The summed E-state index contributed by atoms with van der Waals surface area (Å²) in [5, 5.41) is 9.43. The molecule has 15 heavy (non-hydrogen) atoms. The highest BCUT2D eigenvalue weighted by Crippen LogP contribution is 2.23. The smallest absolute Gasteiger partial charge is 0.303 e. The fourth-order valence-corrected chi connectivity index (χ4v) is 1.35. The molecule has 0 radical (unpaired) electrons. The molecule has 0 aliphatic carbocycles. The largest absolute Gasteiger partial charge is 0.481 e. The van der Waals surface area contributed by atoms with Gasteiger partial charge in [0, 0.05) is 6.42 Å². The van der Waals surface area contributed by atoms with Crippen LogP contribution in [0.4, 0.5) is 0 Å². The van der Waals surface area contributed by atoms with Crippen LogP contribution in [0, 0.1) is 0 Å². The molecular weight excluding hydrogens is 235 g/mol. The second-order valence-corrected chi connectivity index (χ2v) is 3.82. The Kier molecular flexibility index (Phi) is 4.66. The normalized spacial score (nSPS) is 10.8. The molecule has 0 fully saturated rings. The number of carboxylic acid groups (broad SMARTS) is 1. The van der Waals surface area contributed by atoms with Gasteiger partial charge in [-0.05, 0) is 24.1 Å². The van der Waals surface area contributed by atoms with Crippen LogP contribution in [0.25, 0.3) is 6.08 Å². The van der Waals surface area contributed by atoms with Crippen LogP contribution >= 0.6 is 23.2 Å². The summed E-state index contributed by atoms with van der Waals surface area (Å²) < 4.78 is 0.